The van der Waals surface area contributed by atoms with E-state index in [1.807, 2.05) is 0 Å². The molecule has 1 aromatic heterocycles. The van der Waals surface area contributed by atoms with E-state index in [2.05, 4.69) is 10.3 Å². The largest absolute Gasteiger partial charge is 0.467 e. The van der Waals surface area contributed by atoms with Gasteiger partial charge in [-0.05, 0) is 37.0 Å². The van der Waals surface area contributed by atoms with Crippen LogP contribution in [0, 0.1) is 0 Å². The number of carbonyl (C=O) groups excluding carboxylic acids is 3. The zero-order valence-corrected chi connectivity index (χ0v) is 14.4. The second kappa shape index (κ2) is 8.96. The Morgan fingerprint density at radius 3 is 2.64 bits per heavy atom. The van der Waals surface area contributed by atoms with Gasteiger partial charge in [-0.3, -0.25) is 14.6 Å². The summed E-state index contributed by atoms with van der Waals surface area (Å²) in [5.41, 5.74) is 1.08. The highest BCUT2D eigenvalue weighted by atomic mass is 16.5. The molecule has 2 rings (SSSR count). The number of ether oxygens (including phenoxy) is 2. The molecule has 1 amide bonds. The number of allylic oxidation sites excluding steroid dienone is 1. The minimum Gasteiger partial charge on any atom is -0.467 e. The molecule has 0 bridgehead atoms. The monoisotopic (exact) mass is 346 g/mol. The second-order valence-corrected chi connectivity index (χ2v) is 5.80. The Morgan fingerprint density at radius 1 is 1.24 bits per heavy atom. The first-order valence-corrected chi connectivity index (χ1v) is 8.20. The molecule has 7 heteroatoms. The van der Waals surface area contributed by atoms with E-state index < -0.39 is 17.9 Å². The highest BCUT2D eigenvalue weighted by molar-refractivity contribution is 5.95. The maximum absolute atomic E-state index is 12.3. The lowest BCUT2D eigenvalue weighted by atomic mass is 9.92. The van der Waals surface area contributed by atoms with Crippen LogP contribution in [0.2, 0.25) is 0 Å². The molecule has 1 heterocycles. The van der Waals surface area contributed by atoms with Gasteiger partial charge in [0, 0.05) is 26.0 Å². The molecule has 25 heavy (non-hydrogen) atoms. The number of rotatable bonds is 6. The van der Waals surface area contributed by atoms with E-state index in [-0.39, 0.29) is 18.1 Å². The molecule has 1 N–H and O–H groups in total. The Morgan fingerprint density at radius 2 is 2.00 bits per heavy atom. The fourth-order valence-corrected chi connectivity index (χ4v) is 2.76. The van der Waals surface area contributed by atoms with Crippen molar-refractivity contribution in [2.75, 3.05) is 7.11 Å². The molecule has 0 aliphatic heterocycles. The predicted molar refractivity (Wildman–Crippen MR) is 89.4 cm³/mol. The number of hydrogen-bond donors (Lipinski definition) is 1. The van der Waals surface area contributed by atoms with Gasteiger partial charge in [0.05, 0.1) is 7.11 Å². The van der Waals surface area contributed by atoms with Gasteiger partial charge in [0.2, 0.25) is 0 Å². The molecule has 0 saturated heterocycles. The number of nitrogens with one attached hydrogen (secondary N) is 1. The summed E-state index contributed by atoms with van der Waals surface area (Å²) in [5.74, 6) is -0.799. The first-order valence-electron chi connectivity index (χ1n) is 8.20. The lowest BCUT2D eigenvalue weighted by molar-refractivity contribution is -0.142. The molecule has 0 saturated carbocycles. The SMILES string of the molecule is COC(=O)[C@@H](CC1=C(OC(C)=O)CCCC1)NC(=O)c1ccccn1. The van der Waals surface area contributed by atoms with Crippen molar-refractivity contribution in [1.29, 1.82) is 0 Å². The Bertz CT molecular complexity index is 669. The topological polar surface area (TPSA) is 94.6 Å². The summed E-state index contributed by atoms with van der Waals surface area (Å²) < 4.78 is 10.1. The van der Waals surface area contributed by atoms with Gasteiger partial charge in [-0.2, -0.15) is 0 Å². The molecular weight excluding hydrogens is 324 g/mol. The number of hydrogen-bond acceptors (Lipinski definition) is 6. The van der Waals surface area contributed by atoms with E-state index in [1.165, 1.54) is 20.2 Å². The summed E-state index contributed by atoms with van der Waals surface area (Å²) in [4.78, 5) is 39.6. The first-order chi connectivity index (χ1) is 12.0. The maximum Gasteiger partial charge on any atom is 0.328 e. The summed E-state index contributed by atoms with van der Waals surface area (Å²) in [6, 6.07) is 4.09. The molecule has 1 atom stereocenters. The van der Waals surface area contributed by atoms with Gasteiger partial charge in [0.25, 0.3) is 5.91 Å². The number of esters is 2. The van der Waals surface area contributed by atoms with E-state index in [0.29, 0.717) is 12.2 Å². The fourth-order valence-electron chi connectivity index (χ4n) is 2.76. The third-order valence-corrected chi connectivity index (χ3v) is 3.93. The average Bonchev–Trinajstić information content (AvgIpc) is 2.62. The molecule has 0 fully saturated rings. The summed E-state index contributed by atoms with van der Waals surface area (Å²) in [6.45, 7) is 1.35. The molecule has 1 aliphatic carbocycles. The molecule has 1 aromatic rings. The van der Waals surface area contributed by atoms with Gasteiger partial charge in [0.1, 0.15) is 17.5 Å². The molecule has 7 nitrogen and oxygen atoms in total. The highest BCUT2D eigenvalue weighted by Crippen LogP contribution is 2.29. The summed E-state index contributed by atoms with van der Waals surface area (Å²) >= 11 is 0. The summed E-state index contributed by atoms with van der Waals surface area (Å²) in [5, 5.41) is 2.65. The van der Waals surface area contributed by atoms with Gasteiger partial charge in [-0.15, -0.1) is 0 Å². The Kier molecular flexibility index (Phi) is 6.68. The standard InChI is InChI=1S/C18H22N2O5/c1-12(21)25-16-9-4-3-7-13(16)11-15(18(23)24-2)20-17(22)14-8-5-6-10-19-14/h5-6,8,10,15H,3-4,7,9,11H2,1-2H3,(H,20,22)/t15-/m1/s1. The Hall–Kier alpha value is -2.70. The van der Waals surface area contributed by atoms with Gasteiger partial charge in [-0.1, -0.05) is 6.07 Å². The quantitative estimate of drug-likeness (QED) is 0.793. The van der Waals surface area contributed by atoms with Gasteiger partial charge < -0.3 is 14.8 Å². The maximum atomic E-state index is 12.3. The number of carbonyl (C=O) groups is 3. The number of nitrogens with zero attached hydrogens (tertiary/aromatic N) is 1. The van der Waals surface area contributed by atoms with Crippen LogP contribution in [0.15, 0.2) is 35.7 Å². The van der Waals surface area contributed by atoms with Crippen molar-refractivity contribution < 1.29 is 23.9 Å². The highest BCUT2D eigenvalue weighted by Gasteiger charge is 2.27. The van der Waals surface area contributed by atoms with Crippen LogP contribution in [0.5, 0.6) is 0 Å². The zero-order chi connectivity index (χ0) is 18.2. The van der Waals surface area contributed by atoms with Crippen LogP contribution in [0.1, 0.15) is 49.5 Å². The van der Waals surface area contributed by atoms with Gasteiger partial charge in [0.15, 0.2) is 0 Å². The van der Waals surface area contributed by atoms with Crippen molar-refractivity contribution in [2.45, 2.75) is 45.1 Å². The van der Waals surface area contributed by atoms with Crippen LogP contribution in [0.3, 0.4) is 0 Å². The van der Waals surface area contributed by atoms with Gasteiger partial charge >= 0.3 is 11.9 Å². The van der Waals surface area contributed by atoms with Crippen LogP contribution in [0.4, 0.5) is 0 Å². The van der Waals surface area contributed by atoms with Crippen molar-refractivity contribution in [3.05, 3.63) is 41.4 Å². The van der Waals surface area contributed by atoms with Crippen molar-refractivity contribution >= 4 is 17.8 Å². The molecule has 0 unspecified atom stereocenters. The molecular formula is C18H22N2O5. The Labute approximate surface area is 146 Å². The van der Waals surface area contributed by atoms with Crippen molar-refractivity contribution in [1.82, 2.24) is 10.3 Å². The second-order valence-electron chi connectivity index (χ2n) is 5.80. The van der Waals surface area contributed by atoms with Crippen LogP contribution in [-0.4, -0.2) is 36.0 Å². The minimum atomic E-state index is -0.863. The minimum absolute atomic E-state index is 0.217. The van der Waals surface area contributed by atoms with E-state index in [0.717, 1.165) is 24.8 Å². The van der Waals surface area contributed by atoms with Crippen molar-refractivity contribution in [2.24, 2.45) is 0 Å². The van der Waals surface area contributed by atoms with E-state index in [4.69, 9.17) is 9.47 Å². The molecule has 0 radical (unpaired) electrons. The normalized spacial score (nSPS) is 15.3. The van der Waals surface area contributed by atoms with Crippen LogP contribution in [0.25, 0.3) is 0 Å². The number of pyridine rings is 1. The van der Waals surface area contributed by atoms with Crippen LogP contribution >= 0.6 is 0 Å². The number of methoxy groups -OCH3 is 1. The average molecular weight is 346 g/mol. The van der Waals surface area contributed by atoms with Crippen LogP contribution in [-0.2, 0) is 19.1 Å². The number of amides is 1. The number of aromatic nitrogens is 1. The van der Waals surface area contributed by atoms with Crippen molar-refractivity contribution in [3.8, 4) is 0 Å². The molecule has 0 spiro atoms. The van der Waals surface area contributed by atoms with Gasteiger partial charge in [-0.25, -0.2) is 4.79 Å². The van der Waals surface area contributed by atoms with Crippen LogP contribution < -0.4 is 5.32 Å². The Balaban J connectivity index is 2.16. The van der Waals surface area contributed by atoms with E-state index >= 15 is 0 Å². The first kappa shape index (κ1) is 18.6. The molecule has 0 aromatic carbocycles. The smallest absolute Gasteiger partial charge is 0.328 e. The molecule has 134 valence electrons. The van der Waals surface area contributed by atoms with E-state index in [9.17, 15) is 14.4 Å². The van der Waals surface area contributed by atoms with E-state index in [1.54, 1.807) is 18.2 Å². The third kappa shape index (κ3) is 5.41. The van der Waals surface area contributed by atoms with Crippen molar-refractivity contribution in [3.63, 3.8) is 0 Å². The lowest BCUT2D eigenvalue weighted by Crippen LogP contribution is -2.42. The molecule has 1 aliphatic rings. The zero-order valence-electron chi connectivity index (χ0n) is 14.4. The lowest BCUT2D eigenvalue weighted by Gasteiger charge is -2.23. The summed E-state index contributed by atoms with van der Waals surface area (Å²) in [6.07, 6.45) is 4.99. The third-order valence-electron chi connectivity index (χ3n) is 3.93. The fraction of sp³-hybridized carbons (Fsp3) is 0.444. The summed E-state index contributed by atoms with van der Waals surface area (Å²) in [7, 11) is 1.27. The predicted octanol–water partition coefficient (Wildman–Crippen LogP) is 2.13.